The van der Waals surface area contributed by atoms with E-state index in [-0.39, 0.29) is 5.91 Å². The third-order valence-corrected chi connectivity index (χ3v) is 3.99. The van der Waals surface area contributed by atoms with Crippen LogP contribution in [0.15, 0.2) is 59.1 Å². The summed E-state index contributed by atoms with van der Waals surface area (Å²) in [5, 5.41) is 6.05. The van der Waals surface area contributed by atoms with Crippen LogP contribution in [0, 0.1) is 13.8 Å². The van der Waals surface area contributed by atoms with E-state index in [9.17, 15) is 4.79 Å². The van der Waals surface area contributed by atoms with E-state index in [4.69, 9.17) is 0 Å². The highest BCUT2D eigenvalue weighted by Gasteiger charge is 2.11. The van der Waals surface area contributed by atoms with Crippen molar-refractivity contribution in [3.63, 3.8) is 0 Å². The Balaban J connectivity index is 1.80. The topological polar surface area (TPSA) is 66.9 Å². The van der Waals surface area contributed by atoms with E-state index in [0.717, 1.165) is 15.7 Å². The third-order valence-electron chi connectivity index (χ3n) is 3.46. The Morgan fingerprint density at radius 2 is 1.72 bits per heavy atom. The molecule has 0 spiro atoms. The first-order valence-corrected chi connectivity index (χ1v) is 8.55. The number of benzene rings is 2. The number of anilines is 3. The molecule has 0 aliphatic carbocycles. The van der Waals surface area contributed by atoms with Gasteiger partial charge in [0.05, 0.1) is 0 Å². The van der Waals surface area contributed by atoms with E-state index in [2.05, 4.69) is 36.5 Å². The van der Waals surface area contributed by atoms with E-state index in [1.807, 2.05) is 55.5 Å². The fourth-order valence-electron chi connectivity index (χ4n) is 2.35. The highest BCUT2D eigenvalue weighted by molar-refractivity contribution is 9.10. The summed E-state index contributed by atoms with van der Waals surface area (Å²) < 4.78 is 0.952. The molecule has 1 amide bonds. The molecule has 3 aromatic rings. The van der Waals surface area contributed by atoms with Crippen molar-refractivity contribution >= 4 is 39.0 Å². The van der Waals surface area contributed by atoms with Crippen LogP contribution in [0.5, 0.6) is 0 Å². The molecule has 1 heterocycles. The van der Waals surface area contributed by atoms with Crippen LogP contribution in [-0.4, -0.2) is 15.9 Å². The number of hydrogen-bond acceptors (Lipinski definition) is 4. The van der Waals surface area contributed by atoms with Gasteiger partial charge < -0.3 is 10.6 Å². The molecule has 0 aliphatic rings. The first-order chi connectivity index (χ1) is 12.0. The van der Waals surface area contributed by atoms with E-state index < -0.39 is 0 Å². The summed E-state index contributed by atoms with van der Waals surface area (Å²) in [7, 11) is 0. The number of nitrogens with zero attached hydrogens (tertiary/aromatic N) is 2. The zero-order valence-corrected chi connectivity index (χ0v) is 15.5. The normalized spacial score (nSPS) is 10.4. The van der Waals surface area contributed by atoms with Crippen LogP contribution >= 0.6 is 15.9 Å². The molecule has 0 radical (unpaired) electrons. The molecule has 0 atom stereocenters. The highest BCUT2D eigenvalue weighted by Crippen LogP contribution is 2.18. The number of hydrogen-bond donors (Lipinski definition) is 2. The maximum Gasteiger partial charge on any atom is 0.274 e. The molecular formula is C19H17BrN4O. The maximum atomic E-state index is 12.5. The molecule has 0 bridgehead atoms. The quantitative estimate of drug-likeness (QED) is 0.661. The molecule has 25 heavy (non-hydrogen) atoms. The molecule has 5 nitrogen and oxygen atoms in total. The van der Waals surface area contributed by atoms with Crippen LogP contribution in [0.1, 0.15) is 21.9 Å². The smallest absolute Gasteiger partial charge is 0.274 e. The van der Waals surface area contributed by atoms with Gasteiger partial charge in [-0.1, -0.05) is 28.1 Å². The first kappa shape index (κ1) is 17.1. The monoisotopic (exact) mass is 396 g/mol. The van der Waals surface area contributed by atoms with E-state index in [1.165, 1.54) is 0 Å². The minimum atomic E-state index is -0.278. The number of amides is 1. The highest BCUT2D eigenvalue weighted by atomic mass is 79.9. The second kappa shape index (κ2) is 7.44. The van der Waals surface area contributed by atoms with Crippen LogP contribution in [-0.2, 0) is 0 Å². The minimum absolute atomic E-state index is 0.278. The van der Waals surface area contributed by atoms with Crippen molar-refractivity contribution in [2.24, 2.45) is 0 Å². The minimum Gasteiger partial charge on any atom is -0.340 e. The average Bonchev–Trinajstić information content (AvgIpc) is 2.56. The predicted octanol–water partition coefficient (Wildman–Crippen LogP) is 4.85. The van der Waals surface area contributed by atoms with Crippen molar-refractivity contribution in [3.8, 4) is 0 Å². The molecule has 0 saturated carbocycles. The average molecular weight is 397 g/mol. The van der Waals surface area contributed by atoms with Gasteiger partial charge in [-0.3, -0.25) is 4.79 Å². The van der Waals surface area contributed by atoms with Crippen LogP contribution in [0.4, 0.5) is 17.2 Å². The van der Waals surface area contributed by atoms with Crippen molar-refractivity contribution in [1.29, 1.82) is 0 Å². The number of carbonyl (C=O) groups is 1. The van der Waals surface area contributed by atoms with Gasteiger partial charge in [0, 0.05) is 21.9 Å². The van der Waals surface area contributed by atoms with Crippen molar-refractivity contribution in [2.45, 2.75) is 13.8 Å². The zero-order chi connectivity index (χ0) is 17.8. The van der Waals surface area contributed by atoms with Crippen LogP contribution in [0.3, 0.4) is 0 Å². The molecule has 2 N–H and O–H groups in total. The molecule has 0 aliphatic heterocycles. The second-order valence-corrected chi connectivity index (χ2v) is 6.56. The van der Waals surface area contributed by atoms with Gasteiger partial charge in [0.1, 0.15) is 17.3 Å². The van der Waals surface area contributed by atoms with Gasteiger partial charge in [0.25, 0.3) is 5.91 Å². The second-order valence-electron chi connectivity index (χ2n) is 5.64. The van der Waals surface area contributed by atoms with Crippen molar-refractivity contribution in [1.82, 2.24) is 9.97 Å². The van der Waals surface area contributed by atoms with Crippen LogP contribution in [0.25, 0.3) is 0 Å². The fourth-order valence-corrected chi connectivity index (χ4v) is 2.61. The zero-order valence-electron chi connectivity index (χ0n) is 13.9. The molecule has 0 unspecified atom stereocenters. The molecular weight excluding hydrogens is 380 g/mol. The summed E-state index contributed by atoms with van der Waals surface area (Å²) in [4.78, 5) is 21.1. The number of rotatable bonds is 4. The number of aromatic nitrogens is 2. The Morgan fingerprint density at radius 3 is 2.44 bits per heavy atom. The summed E-state index contributed by atoms with van der Waals surface area (Å²) in [5.74, 6) is 0.831. The fraction of sp³-hybridized carbons (Fsp3) is 0.105. The van der Waals surface area contributed by atoms with Gasteiger partial charge in [-0.05, 0) is 55.8 Å². The lowest BCUT2D eigenvalue weighted by atomic mass is 10.2. The largest absolute Gasteiger partial charge is 0.340 e. The van der Waals surface area contributed by atoms with Gasteiger partial charge >= 0.3 is 0 Å². The Kier molecular flexibility index (Phi) is 5.09. The SMILES string of the molecule is Cc1cccc(Nc2cc(C(=O)Nc3ccc(Br)cc3)nc(C)n2)c1. The van der Waals surface area contributed by atoms with Gasteiger partial charge in [-0.2, -0.15) is 0 Å². The van der Waals surface area contributed by atoms with Gasteiger partial charge in [0.2, 0.25) is 0 Å². The van der Waals surface area contributed by atoms with Gasteiger partial charge in [-0.15, -0.1) is 0 Å². The van der Waals surface area contributed by atoms with Gasteiger partial charge in [0.15, 0.2) is 0 Å². The number of nitrogens with one attached hydrogen (secondary N) is 2. The summed E-state index contributed by atoms with van der Waals surface area (Å²) in [5.41, 5.74) is 3.07. The van der Waals surface area contributed by atoms with E-state index in [0.29, 0.717) is 23.0 Å². The lowest BCUT2D eigenvalue weighted by Gasteiger charge is -2.10. The first-order valence-electron chi connectivity index (χ1n) is 7.76. The number of halogens is 1. The Hall–Kier alpha value is -2.73. The summed E-state index contributed by atoms with van der Waals surface area (Å²) in [6.45, 7) is 3.78. The molecule has 126 valence electrons. The third kappa shape index (κ3) is 4.64. The van der Waals surface area contributed by atoms with Crippen molar-refractivity contribution in [2.75, 3.05) is 10.6 Å². The summed E-state index contributed by atoms with van der Waals surface area (Å²) in [6.07, 6.45) is 0. The lowest BCUT2D eigenvalue weighted by Crippen LogP contribution is -2.15. The Bertz CT molecular complexity index is 910. The predicted molar refractivity (Wildman–Crippen MR) is 103 cm³/mol. The van der Waals surface area contributed by atoms with Crippen molar-refractivity contribution in [3.05, 3.63) is 76.2 Å². The van der Waals surface area contributed by atoms with E-state index in [1.54, 1.807) is 13.0 Å². The number of aryl methyl sites for hydroxylation is 2. The summed E-state index contributed by atoms with van der Waals surface area (Å²) in [6, 6.07) is 17.0. The van der Waals surface area contributed by atoms with Crippen LogP contribution < -0.4 is 10.6 Å². The molecule has 1 aromatic heterocycles. The van der Waals surface area contributed by atoms with Crippen molar-refractivity contribution < 1.29 is 4.79 Å². The standard InChI is InChI=1S/C19H17BrN4O/c1-12-4-3-5-16(10-12)23-18-11-17(21-13(2)22-18)19(25)24-15-8-6-14(20)7-9-15/h3-11H,1-2H3,(H,24,25)(H,21,22,23). The Labute approximate surface area is 154 Å². The number of carbonyl (C=O) groups excluding carboxylic acids is 1. The summed E-state index contributed by atoms with van der Waals surface area (Å²) >= 11 is 3.37. The molecule has 3 rings (SSSR count). The molecule has 0 fully saturated rings. The maximum absolute atomic E-state index is 12.5. The van der Waals surface area contributed by atoms with Crippen LogP contribution in [0.2, 0.25) is 0 Å². The molecule has 0 saturated heterocycles. The van der Waals surface area contributed by atoms with Gasteiger partial charge in [-0.25, -0.2) is 9.97 Å². The molecule has 2 aromatic carbocycles. The molecule has 6 heteroatoms. The van der Waals surface area contributed by atoms with E-state index >= 15 is 0 Å². The Morgan fingerprint density at radius 1 is 0.960 bits per heavy atom. The lowest BCUT2D eigenvalue weighted by molar-refractivity contribution is 0.102.